The molecule has 2 N–H and O–H groups in total. The van der Waals surface area contributed by atoms with E-state index in [0.29, 0.717) is 17.7 Å². The molecule has 1 fully saturated rings. The Bertz CT molecular complexity index is 1460. The van der Waals surface area contributed by atoms with Gasteiger partial charge in [0.2, 0.25) is 0 Å². The Morgan fingerprint density at radius 3 is 2.10 bits per heavy atom. The summed E-state index contributed by atoms with van der Waals surface area (Å²) in [6.07, 6.45) is -10.9. The molecule has 4 amide bonds. The highest BCUT2D eigenvalue weighted by Gasteiger charge is 2.56. The van der Waals surface area contributed by atoms with Gasteiger partial charge < -0.3 is 10.2 Å². The van der Waals surface area contributed by atoms with Crippen molar-refractivity contribution in [2.75, 3.05) is 16.8 Å². The zero-order valence-electron chi connectivity index (χ0n) is 22.2. The minimum Gasteiger partial charge on any atom is -0.315 e. The minimum absolute atomic E-state index is 0.0352. The monoisotopic (exact) mass is 598 g/mol. The van der Waals surface area contributed by atoms with Crippen LogP contribution in [0.2, 0.25) is 0 Å². The van der Waals surface area contributed by atoms with Crippen molar-refractivity contribution < 1.29 is 45.5 Å². The smallest absolute Gasteiger partial charge is 0.315 e. The fourth-order valence-corrected chi connectivity index (χ4v) is 4.77. The van der Waals surface area contributed by atoms with Crippen LogP contribution in [0.25, 0.3) is 0 Å². The van der Waals surface area contributed by atoms with E-state index in [0.717, 1.165) is 35.2 Å². The van der Waals surface area contributed by atoms with Crippen LogP contribution in [0.4, 0.5) is 51.7 Å². The predicted octanol–water partition coefficient (Wildman–Crippen LogP) is 7.38. The second kappa shape index (κ2) is 11.2. The van der Waals surface area contributed by atoms with Gasteiger partial charge in [0.05, 0.1) is 16.7 Å². The second-order valence-electron chi connectivity index (χ2n) is 10.1. The number of hydroxylamine groups is 2. The van der Waals surface area contributed by atoms with Crippen molar-refractivity contribution >= 4 is 23.4 Å². The number of hydrogen-bond acceptors (Lipinski definition) is 3. The lowest BCUT2D eigenvalue weighted by Gasteiger charge is -2.38. The predicted molar refractivity (Wildman–Crippen MR) is 138 cm³/mol. The molecule has 14 heteroatoms. The Morgan fingerprint density at radius 1 is 0.929 bits per heavy atom. The summed E-state index contributed by atoms with van der Waals surface area (Å²) >= 11 is 0. The second-order valence-corrected chi connectivity index (χ2v) is 10.1. The lowest BCUT2D eigenvalue weighted by molar-refractivity contribution is -0.138. The van der Waals surface area contributed by atoms with E-state index in [1.54, 1.807) is 0 Å². The number of halogens is 7. The molecule has 1 heterocycles. The van der Waals surface area contributed by atoms with Gasteiger partial charge in [-0.15, -0.1) is 0 Å². The highest BCUT2D eigenvalue weighted by Crippen LogP contribution is 2.40. The molecule has 0 aliphatic carbocycles. The number of amides is 4. The number of alkyl halides is 6. The summed E-state index contributed by atoms with van der Waals surface area (Å²) < 4.78 is 93.3. The van der Waals surface area contributed by atoms with Crippen LogP contribution in [0.3, 0.4) is 0 Å². The molecule has 0 spiro atoms. The number of rotatable bonds is 6. The van der Waals surface area contributed by atoms with Crippen LogP contribution in [-0.2, 0) is 18.8 Å². The van der Waals surface area contributed by atoms with Crippen LogP contribution >= 0.6 is 0 Å². The van der Waals surface area contributed by atoms with Crippen molar-refractivity contribution in [1.29, 1.82) is 0 Å². The minimum atomic E-state index is -4.77. The van der Waals surface area contributed by atoms with Gasteiger partial charge in [-0.1, -0.05) is 24.3 Å². The van der Waals surface area contributed by atoms with Gasteiger partial charge in [0.15, 0.2) is 6.17 Å². The molecule has 7 nitrogen and oxygen atoms in total. The van der Waals surface area contributed by atoms with Gasteiger partial charge in [-0.3, -0.25) is 10.1 Å². The van der Waals surface area contributed by atoms with E-state index in [1.807, 2.05) is 0 Å². The summed E-state index contributed by atoms with van der Waals surface area (Å²) in [4.78, 5) is 28.9. The van der Waals surface area contributed by atoms with Crippen molar-refractivity contribution in [1.82, 2.24) is 9.96 Å². The Kier molecular flexibility index (Phi) is 8.13. The molecule has 3 aromatic rings. The molecule has 0 unspecified atom stereocenters. The number of anilines is 2. The molecule has 1 aliphatic heterocycles. The number of hydrogen-bond donors (Lipinski definition) is 2. The summed E-state index contributed by atoms with van der Waals surface area (Å²) in [5.41, 5.74) is -3.59. The molecule has 0 bridgehead atoms. The van der Waals surface area contributed by atoms with E-state index in [-0.39, 0.29) is 29.4 Å². The number of benzene rings is 3. The van der Waals surface area contributed by atoms with Crippen molar-refractivity contribution in [2.45, 2.75) is 44.3 Å². The van der Waals surface area contributed by atoms with Gasteiger partial charge in [0.25, 0.3) is 0 Å². The highest BCUT2D eigenvalue weighted by molar-refractivity contribution is 5.98. The van der Waals surface area contributed by atoms with Gasteiger partial charge >= 0.3 is 24.4 Å². The molecule has 1 saturated heterocycles. The molecule has 1 atom stereocenters. The Labute approximate surface area is 235 Å². The van der Waals surface area contributed by atoms with E-state index in [2.05, 4.69) is 5.32 Å². The number of carbonyl (C=O) groups excluding carboxylic acids is 2. The van der Waals surface area contributed by atoms with Crippen molar-refractivity contribution in [3.63, 3.8) is 0 Å². The first-order valence-corrected chi connectivity index (χ1v) is 12.5. The van der Waals surface area contributed by atoms with Crippen molar-refractivity contribution in [2.24, 2.45) is 0 Å². The molecular weight excluding hydrogens is 573 g/mol. The van der Waals surface area contributed by atoms with E-state index in [1.165, 1.54) is 49.1 Å². The Hall–Kier alpha value is -4.33. The molecule has 3 aromatic carbocycles. The maximum absolute atomic E-state index is 13.7. The van der Waals surface area contributed by atoms with Crippen molar-refractivity contribution in [3.8, 4) is 0 Å². The lowest BCUT2D eigenvalue weighted by Crippen LogP contribution is -2.58. The van der Waals surface area contributed by atoms with Crippen LogP contribution in [0.5, 0.6) is 0 Å². The third-order valence-electron chi connectivity index (χ3n) is 6.88. The Balaban J connectivity index is 1.70. The topological polar surface area (TPSA) is 76.1 Å². The van der Waals surface area contributed by atoms with E-state index >= 15 is 0 Å². The van der Waals surface area contributed by atoms with Crippen LogP contribution in [0.15, 0.2) is 72.8 Å². The van der Waals surface area contributed by atoms with Gasteiger partial charge in [0.1, 0.15) is 5.82 Å². The third kappa shape index (κ3) is 6.27. The van der Waals surface area contributed by atoms with Gasteiger partial charge in [-0.2, -0.15) is 31.4 Å². The molecule has 4 rings (SSSR count). The van der Waals surface area contributed by atoms with Crippen LogP contribution in [0, 0.1) is 5.82 Å². The fourth-order valence-electron chi connectivity index (χ4n) is 4.77. The number of carbonyl (C=O) groups is 2. The van der Waals surface area contributed by atoms with E-state index in [4.69, 9.17) is 0 Å². The standard InChI is InChI=1S/C28H25F7N4O3/c1-26(2)23(39(42)24(40)36-21-7-3-5-18(15-21)27(30,31)32)38(22-8-4-6-19(16-22)28(33,34)35)25(41)37(26)14-13-17-9-11-20(29)12-10-17/h3-12,15-16,23,42H,13-14H2,1-2H3,(H,36,40)/t23-/m0/s1. The van der Waals surface area contributed by atoms with Gasteiger partial charge in [-0.25, -0.2) is 14.0 Å². The molecule has 0 radical (unpaired) electrons. The Morgan fingerprint density at radius 2 is 1.50 bits per heavy atom. The maximum atomic E-state index is 13.7. The maximum Gasteiger partial charge on any atom is 0.416 e. The molecule has 224 valence electrons. The average molecular weight is 599 g/mol. The fraction of sp³-hybridized carbons (Fsp3) is 0.286. The molecule has 0 aromatic heterocycles. The van der Waals surface area contributed by atoms with Crippen LogP contribution < -0.4 is 10.2 Å². The van der Waals surface area contributed by atoms with E-state index in [9.17, 15) is 45.5 Å². The largest absolute Gasteiger partial charge is 0.416 e. The zero-order chi connectivity index (χ0) is 31.0. The third-order valence-corrected chi connectivity index (χ3v) is 6.88. The number of nitrogens with one attached hydrogen (secondary N) is 1. The normalized spacial score (nSPS) is 17.0. The van der Waals surface area contributed by atoms with Gasteiger partial charge in [-0.05, 0) is 74.4 Å². The quantitative estimate of drug-likeness (QED) is 0.177. The number of urea groups is 2. The summed E-state index contributed by atoms with van der Waals surface area (Å²) in [5, 5.41) is 13.3. The highest BCUT2D eigenvalue weighted by atomic mass is 19.4. The van der Waals surface area contributed by atoms with E-state index < -0.39 is 53.1 Å². The molecule has 42 heavy (non-hydrogen) atoms. The summed E-state index contributed by atoms with van der Waals surface area (Å²) in [5.74, 6) is -0.477. The summed E-state index contributed by atoms with van der Waals surface area (Å²) in [6, 6.07) is 10.6. The molecule has 1 aliphatic rings. The first-order chi connectivity index (χ1) is 19.5. The lowest BCUT2D eigenvalue weighted by atomic mass is 9.99. The average Bonchev–Trinajstić information content (AvgIpc) is 3.11. The van der Waals surface area contributed by atoms with Crippen molar-refractivity contribution in [3.05, 3.63) is 95.3 Å². The zero-order valence-corrected chi connectivity index (χ0v) is 22.2. The first kappa shape index (κ1) is 30.6. The number of nitrogens with zero attached hydrogens (tertiary/aromatic N) is 3. The molecule has 0 saturated carbocycles. The van der Waals surface area contributed by atoms with Crippen LogP contribution in [-0.4, -0.2) is 45.5 Å². The SMILES string of the molecule is CC1(C)[C@H](N(O)C(=O)Nc2cccc(C(F)(F)F)c2)N(c2cccc(C(F)(F)F)c2)C(=O)N1CCc1ccc(F)cc1. The summed E-state index contributed by atoms with van der Waals surface area (Å²) in [7, 11) is 0. The van der Waals surface area contributed by atoms with Crippen LogP contribution in [0.1, 0.15) is 30.5 Å². The first-order valence-electron chi connectivity index (χ1n) is 12.5. The summed E-state index contributed by atoms with van der Waals surface area (Å²) in [6.45, 7) is 2.90. The molecular formula is C28H25F7N4O3. The van der Waals surface area contributed by atoms with Gasteiger partial charge in [0, 0.05) is 17.9 Å².